The lowest BCUT2D eigenvalue weighted by Gasteiger charge is -2.20. The molecule has 20 heavy (non-hydrogen) atoms. The Morgan fingerprint density at radius 1 is 1.20 bits per heavy atom. The van der Waals surface area contributed by atoms with E-state index in [1.807, 2.05) is 24.3 Å². The van der Waals surface area contributed by atoms with Crippen LogP contribution in [-0.2, 0) is 12.8 Å². The SMILES string of the molecule is Clc1ccc(Cc2noc(CC3CCNCC3)n2)cc1. The predicted octanol–water partition coefficient (Wildman–Crippen LogP) is 2.86. The highest BCUT2D eigenvalue weighted by atomic mass is 35.5. The van der Waals surface area contributed by atoms with Gasteiger partial charge in [0, 0.05) is 17.9 Å². The van der Waals surface area contributed by atoms with Crippen LogP contribution in [0.1, 0.15) is 30.1 Å². The molecule has 0 amide bonds. The van der Waals surface area contributed by atoms with Gasteiger partial charge in [-0.05, 0) is 49.5 Å². The lowest BCUT2D eigenvalue weighted by molar-refractivity contribution is 0.312. The molecule has 5 heteroatoms. The quantitative estimate of drug-likeness (QED) is 0.941. The van der Waals surface area contributed by atoms with Gasteiger partial charge in [-0.25, -0.2) is 0 Å². The molecule has 0 spiro atoms. The number of rotatable bonds is 4. The Kier molecular flexibility index (Phi) is 4.33. The lowest BCUT2D eigenvalue weighted by atomic mass is 9.95. The van der Waals surface area contributed by atoms with Gasteiger partial charge in [0.05, 0.1) is 0 Å². The maximum absolute atomic E-state index is 5.87. The van der Waals surface area contributed by atoms with Crippen molar-refractivity contribution in [1.29, 1.82) is 0 Å². The van der Waals surface area contributed by atoms with E-state index < -0.39 is 0 Å². The fourth-order valence-electron chi connectivity index (χ4n) is 2.56. The molecule has 1 aliphatic heterocycles. The summed E-state index contributed by atoms with van der Waals surface area (Å²) in [5, 5.41) is 8.17. The maximum Gasteiger partial charge on any atom is 0.226 e. The smallest absolute Gasteiger partial charge is 0.226 e. The molecule has 4 nitrogen and oxygen atoms in total. The van der Waals surface area contributed by atoms with Crippen molar-refractivity contribution in [3.05, 3.63) is 46.6 Å². The zero-order chi connectivity index (χ0) is 13.8. The van der Waals surface area contributed by atoms with Crippen molar-refractivity contribution < 1.29 is 4.52 Å². The number of nitrogens with one attached hydrogen (secondary N) is 1. The van der Waals surface area contributed by atoms with Crippen LogP contribution in [0.5, 0.6) is 0 Å². The van der Waals surface area contributed by atoms with Crippen LogP contribution in [-0.4, -0.2) is 23.2 Å². The minimum atomic E-state index is 0.667. The molecule has 106 valence electrons. The molecule has 0 unspecified atom stereocenters. The summed E-state index contributed by atoms with van der Waals surface area (Å²) in [4.78, 5) is 4.49. The highest BCUT2D eigenvalue weighted by Gasteiger charge is 2.17. The van der Waals surface area contributed by atoms with E-state index in [4.69, 9.17) is 16.1 Å². The van der Waals surface area contributed by atoms with E-state index in [2.05, 4.69) is 15.5 Å². The normalized spacial score (nSPS) is 16.4. The van der Waals surface area contributed by atoms with Gasteiger partial charge in [-0.2, -0.15) is 4.98 Å². The molecule has 1 saturated heterocycles. The van der Waals surface area contributed by atoms with Crippen LogP contribution in [0.25, 0.3) is 0 Å². The summed E-state index contributed by atoms with van der Waals surface area (Å²) < 4.78 is 5.36. The third-order valence-electron chi connectivity index (χ3n) is 3.71. The number of piperidine rings is 1. The first-order chi connectivity index (χ1) is 9.79. The first-order valence-electron chi connectivity index (χ1n) is 7.06. The summed E-state index contributed by atoms with van der Waals surface area (Å²) in [7, 11) is 0. The molecular weight excluding hydrogens is 274 g/mol. The molecule has 1 fully saturated rings. The minimum absolute atomic E-state index is 0.667. The van der Waals surface area contributed by atoms with Crippen LogP contribution in [0.3, 0.4) is 0 Å². The topological polar surface area (TPSA) is 51.0 Å². The molecule has 0 radical (unpaired) electrons. The van der Waals surface area contributed by atoms with Crippen molar-refractivity contribution >= 4 is 11.6 Å². The van der Waals surface area contributed by atoms with E-state index in [0.717, 1.165) is 41.8 Å². The molecule has 1 N–H and O–H groups in total. The van der Waals surface area contributed by atoms with E-state index in [9.17, 15) is 0 Å². The number of halogens is 1. The lowest BCUT2D eigenvalue weighted by Crippen LogP contribution is -2.28. The van der Waals surface area contributed by atoms with Gasteiger partial charge in [0.15, 0.2) is 5.82 Å². The fourth-order valence-corrected chi connectivity index (χ4v) is 2.69. The molecule has 0 saturated carbocycles. The average molecular weight is 292 g/mol. The van der Waals surface area contributed by atoms with Gasteiger partial charge in [-0.3, -0.25) is 0 Å². The molecule has 0 aliphatic carbocycles. The Morgan fingerprint density at radius 3 is 2.70 bits per heavy atom. The summed E-state index contributed by atoms with van der Waals surface area (Å²) >= 11 is 5.87. The van der Waals surface area contributed by atoms with Crippen LogP contribution in [0.15, 0.2) is 28.8 Å². The first kappa shape index (κ1) is 13.6. The van der Waals surface area contributed by atoms with E-state index >= 15 is 0 Å². The second-order valence-electron chi connectivity index (χ2n) is 5.31. The van der Waals surface area contributed by atoms with E-state index in [0.29, 0.717) is 12.3 Å². The number of aromatic nitrogens is 2. The molecule has 1 aliphatic rings. The van der Waals surface area contributed by atoms with Crippen LogP contribution < -0.4 is 5.32 Å². The zero-order valence-corrected chi connectivity index (χ0v) is 12.1. The van der Waals surface area contributed by atoms with Crippen molar-refractivity contribution in [2.24, 2.45) is 5.92 Å². The van der Waals surface area contributed by atoms with Crippen LogP contribution in [0.2, 0.25) is 5.02 Å². The van der Waals surface area contributed by atoms with Gasteiger partial charge in [-0.15, -0.1) is 0 Å². The summed E-state index contributed by atoms with van der Waals surface area (Å²) in [6.45, 7) is 2.19. The van der Waals surface area contributed by atoms with E-state index in [-0.39, 0.29) is 0 Å². The molecule has 1 aromatic heterocycles. The van der Waals surface area contributed by atoms with Crippen LogP contribution >= 0.6 is 11.6 Å². The highest BCUT2D eigenvalue weighted by molar-refractivity contribution is 6.30. The van der Waals surface area contributed by atoms with Gasteiger partial charge < -0.3 is 9.84 Å². The van der Waals surface area contributed by atoms with Crippen molar-refractivity contribution in [1.82, 2.24) is 15.5 Å². The second kappa shape index (κ2) is 6.37. The van der Waals surface area contributed by atoms with Gasteiger partial charge >= 0.3 is 0 Å². The fraction of sp³-hybridized carbons (Fsp3) is 0.467. The van der Waals surface area contributed by atoms with Crippen molar-refractivity contribution in [2.75, 3.05) is 13.1 Å². The Balaban J connectivity index is 1.60. The number of nitrogens with zero attached hydrogens (tertiary/aromatic N) is 2. The third-order valence-corrected chi connectivity index (χ3v) is 3.96. The average Bonchev–Trinajstić information content (AvgIpc) is 2.90. The van der Waals surface area contributed by atoms with Gasteiger partial charge in [-0.1, -0.05) is 28.9 Å². The first-order valence-corrected chi connectivity index (χ1v) is 7.44. The Labute approximate surface area is 123 Å². The molecule has 2 aromatic rings. The highest BCUT2D eigenvalue weighted by Crippen LogP contribution is 2.18. The Hall–Kier alpha value is -1.39. The van der Waals surface area contributed by atoms with Crippen molar-refractivity contribution in [2.45, 2.75) is 25.7 Å². The Bertz CT molecular complexity index is 547. The molecule has 0 bridgehead atoms. The maximum atomic E-state index is 5.87. The summed E-state index contributed by atoms with van der Waals surface area (Å²) in [5.74, 6) is 2.18. The second-order valence-corrected chi connectivity index (χ2v) is 5.74. The standard InChI is InChI=1S/C15H18ClN3O/c16-13-3-1-11(2-4-13)9-14-18-15(20-19-14)10-12-5-7-17-8-6-12/h1-4,12,17H,5-10H2. The minimum Gasteiger partial charge on any atom is -0.339 e. The molecule has 1 aromatic carbocycles. The predicted molar refractivity (Wildman–Crippen MR) is 77.9 cm³/mol. The molecule has 3 rings (SSSR count). The van der Waals surface area contributed by atoms with Gasteiger partial charge in [0.1, 0.15) is 0 Å². The van der Waals surface area contributed by atoms with E-state index in [1.54, 1.807) is 0 Å². The third kappa shape index (κ3) is 3.58. The number of hydrogen-bond acceptors (Lipinski definition) is 4. The van der Waals surface area contributed by atoms with Crippen LogP contribution in [0.4, 0.5) is 0 Å². The summed E-state index contributed by atoms with van der Waals surface area (Å²) in [6.07, 6.45) is 3.96. The largest absolute Gasteiger partial charge is 0.339 e. The van der Waals surface area contributed by atoms with Gasteiger partial charge in [0.25, 0.3) is 0 Å². The Morgan fingerprint density at radius 2 is 1.95 bits per heavy atom. The molecular formula is C15H18ClN3O. The van der Waals surface area contributed by atoms with Gasteiger partial charge in [0.2, 0.25) is 5.89 Å². The monoisotopic (exact) mass is 291 g/mol. The van der Waals surface area contributed by atoms with Crippen molar-refractivity contribution in [3.8, 4) is 0 Å². The number of benzene rings is 1. The van der Waals surface area contributed by atoms with E-state index in [1.165, 1.54) is 12.8 Å². The van der Waals surface area contributed by atoms with Crippen molar-refractivity contribution in [3.63, 3.8) is 0 Å². The van der Waals surface area contributed by atoms with Crippen LogP contribution in [0, 0.1) is 5.92 Å². The zero-order valence-electron chi connectivity index (χ0n) is 11.3. The molecule has 0 atom stereocenters. The molecule has 2 heterocycles. The summed E-state index contributed by atoms with van der Waals surface area (Å²) in [5.41, 5.74) is 1.14. The summed E-state index contributed by atoms with van der Waals surface area (Å²) in [6, 6.07) is 7.75. The number of hydrogen-bond donors (Lipinski definition) is 1.